The lowest BCUT2D eigenvalue weighted by atomic mass is 10.1. The maximum atomic E-state index is 12.4. The molecule has 1 aliphatic rings. The molecule has 0 radical (unpaired) electrons. The SMILES string of the molecule is Cc1c(Br)cccc1C(=O)N1CCN[C@@H](C)C1. The maximum absolute atomic E-state index is 12.4. The van der Waals surface area contributed by atoms with E-state index >= 15 is 0 Å². The lowest BCUT2D eigenvalue weighted by Crippen LogP contribution is -2.51. The number of rotatable bonds is 1. The molecule has 1 aromatic rings. The van der Waals surface area contributed by atoms with Gasteiger partial charge in [0, 0.05) is 35.7 Å². The molecule has 0 bridgehead atoms. The van der Waals surface area contributed by atoms with Crippen LogP contribution < -0.4 is 5.32 Å². The lowest BCUT2D eigenvalue weighted by molar-refractivity contribution is 0.0708. The highest BCUT2D eigenvalue weighted by Gasteiger charge is 2.22. The Morgan fingerprint density at radius 2 is 2.29 bits per heavy atom. The first-order valence-corrected chi connectivity index (χ1v) is 6.66. The second-order valence-corrected chi connectivity index (χ2v) is 5.37. The first-order valence-electron chi connectivity index (χ1n) is 5.87. The summed E-state index contributed by atoms with van der Waals surface area (Å²) in [5.74, 6) is 0.136. The molecular weight excluding hydrogens is 280 g/mol. The minimum atomic E-state index is 0.136. The van der Waals surface area contributed by atoms with Crippen LogP contribution in [0.3, 0.4) is 0 Å². The second-order valence-electron chi connectivity index (χ2n) is 4.52. The Kier molecular flexibility index (Phi) is 3.84. The van der Waals surface area contributed by atoms with Gasteiger partial charge in [-0.1, -0.05) is 22.0 Å². The van der Waals surface area contributed by atoms with Crippen LogP contribution >= 0.6 is 15.9 Å². The van der Waals surface area contributed by atoms with Gasteiger partial charge in [-0.05, 0) is 31.5 Å². The van der Waals surface area contributed by atoms with Crippen LogP contribution in [0.4, 0.5) is 0 Å². The van der Waals surface area contributed by atoms with Gasteiger partial charge in [-0.15, -0.1) is 0 Å². The zero-order valence-electron chi connectivity index (χ0n) is 10.2. The smallest absolute Gasteiger partial charge is 0.254 e. The Morgan fingerprint density at radius 1 is 1.53 bits per heavy atom. The second kappa shape index (κ2) is 5.19. The number of halogens is 1. The van der Waals surface area contributed by atoms with Crippen LogP contribution in [0, 0.1) is 6.92 Å². The van der Waals surface area contributed by atoms with Crippen LogP contribution in [-0.4, -0.2) is 36.5 Å². The van der Waals surface area contributed by atoms with Crippen LogP contribution in [0.5, 0.6) is 0 Å². The van der Waals surface area contributed by atoms with Gasteiger partial charge >= 0.3 is 0 Å². The molecule has 0 aromatic heterocycles. The van der Waals surface area contributed by atoms with Crippen molar-refractivity contribution in [3.63, 3.8) is 0 Å². The van der Waals surface area contributed by atoms with Gasteiger partial charge in [-0.25, -0.2) is 0 Å². The molecule has 1 aliphatic heterocycles. The van der Waals surface area contributed by atoms with Crippen molar-refractivity contribution in [1.82, 2.24) is 10.2 Å². The van der Waals surface area contributed by atoms with Crippen LogP contribution in [-0.2, 0) is 0 Å². The summed E-state index contributed by atoms with van der Waals surface area (Å²) in [4.78, 5) is 14.3. The third-order valence-electron chi connectivity index (χ3n) is 3.15. The van der Waals surface area contributed by atoms with Gasteiger partial charge in [0.1, 0.15) is 0 Å². The van der Waals surface area contributed by atoms with Crippen LogP contribution in [0.1, 0.15) is 22.8 Å². The number of hydrogen-bond donors (Lipinski definition) is 1. The minimum Gasteiger partial charge on any atom is -0.336 e. The molecule has 3 nitrogen and oxygen atoms in total. The Hall–Kier alpha value is -0.870. The summed E-state index contributed by atoms with van der Waals surface area (Å²) >= 11 is 3.47. The monoisotopic (exact) mass is 296 g/mol. The summed E-state index contributed by atoms with van der Waals surface area (Å²) in [5, 5.41) is 3.34. The van der Waals surface area contributed by atoms with E-state index in [1.54, 1.807) is 0 Å². The Balaban J connectivity index is 2.22. The quantitative estimate of drug-likeness (QED) is 0.862. The highest BCUT2D eigenvalue weighted by molar-refractivity contribution is 9.10. The molecule has 92 valence electrons. The average Bonchev–Trinajstić information content (AvgIpc) is 2.32. The van der Waals surface area contributed by atoms with Crippen molar-refractivity contribution in [2.24, 2.45) is 0 Å². The molecular formula is C13H17BrN2O. The maximum Gasteiger partial charge on any atom is 0.254 e. The fourth-order valence-electron chi connectivity index (χ4n) is 2.13. The Morgan fingerprint density at radius 3 is 3.00 bits per heavy atom. The number of carbonyl (C=O) groups excluding carboxylic acids is 1. The van der Waals surface area contributed by atoms with Gasteiger partial charge in [-0.3, -0.25) is 4.79 Å². The van der Waals surface area contributed by atoms with Gasteiger partial charge in [0.15, 0.2) is 0 Å². The first-order chi connectivity index (χ1) is 8.09. The third kappa shape index (κ3) is 2.69. The average molecular weight is 297 g/mol. The molecule has 1 aromatic carbocycles. The Labute approximate surface area is 110 Å². The van der Waals surface area contributed by atoms with Gasteiger partial charge in [0.2, 0.25) is 0 Å². The van der Waals surface area contributed by atoms with Gasteiger partial charge in [-0.2, -0.15) is 0 Å². The van der Waals surface area contributed by atoms with Crippen LogP contribution in [0.25, 0.3) is 0 Å². The number of piperazine rings is 1. The molecule has 0 spiro atoms. The molecule has 2 rings (SSSR count). The van der Waals surface area contributed by atoms with Crippen molar-refractivity contribution < 1.29 is 4.79 Å². The molecule has 0 saturated carbocycles. The lowest BCUT2D eigenvalue weighted by Gasteiger charge is -2.32. The predicted molar refractivity (Wildman–Crippen MR) is 72.2 cm³/mol. The number of benzene rings is 1. The van der Waals surface area contributed by atoms with Crippen molar-refractivity contribution in [1.29, 1.82) is 0 Å². The van der Waals surface area contributed by atoms with E-state index in [0.29, 0.717) is 6.04 Å². The summed E-state index contributed by atoms with van der Waals surface area (Å²) in [7, 11) is 0. The molecule has 17 heavy (non-hydrogen) atoms. The number of amides is 1. The third-order valence-corrected chi connectivity index (χ3v) is 4.01. The summed E-state index contributed by atoms with van der Waals surface area (Å²) < 4.78 is 0.992. The summed E-state index contributed by atoms with van der Waals surface area (Å²) in [6, 6.07) is 6.15. The number of hydrogen-bond acceptors (Lipinski definition) is 2. The largest absolute Gasteiger partial charge is 0.336 e. The fourth-order valence-corrected chi connectivity index (χ4v) is 2.49. The highest BCUT2D eigenvalue weighted by atomic mass is 79.9. The zero-order chi connectivity index (χ0) is 12.4. The highest BCUT2D eigenvalue weighted by Crippen LogP contribution is 2.21. The first kappa shape index (κ1) is 12.6. The van der Waals surface area contributed by atoms with E-state index in [1.165, 1.54) is 0 Å². The van der Waals surface area contributed by atoms with E-state index in [2.05, 4.69) is 28.2 Å². The molecule has 1 fully saturated rings. The zero-order valence-corrected chi connectivity index (χ0v) is 11.8. The van der Waals surface area contributed by atoms with E-state index < -0.39 is 0 Å². The van der Waals surface area contributed by atoms with E-state index in [9.17, 15) is 4.79 Å². The summed E-state index contributed by atoms with van der Waals surface area (Å²) in [5.41, 5.74) is 1.82. The van der Waals surface area contributed by atoms with Crippen LogP contribution in [0.15, 0.2) is 22.7 Å². The molecule has 0 unspecified atom stereocenters. The number of nitrogens with one attached hydrogen (secondary N) is 1. The summed E-state index contributed by atoms with van der Waals surface area (Å²) in [6.45, 7) is 6.52. The number of nitrogens with zero attached hydrogens (tertiary/aromatic N) is 1. The van der Waals surface area contributed by atoms with Gasteiger partial charge in [0.25, 0.3) is 5.91 Å². The van der Waals surface area contributed by atoms with Gasteiger partial charge < -0.3 is 10.2 Å². The normalized spacial score (nSPS) is 20.4. The van der Waals surface area contributed by atoms with E-state index in [4.69, 9.17) is 0 Å². The minimum absolute atomic E-state index is 0.136. The van der Waals surface area contributed by atoms with Crippen molar-refractivity contribution >= 4 is 21.8 Å². The van der Waals surface area contributed by atoms with E-state index in [0.717, 1.165) is 35.2 Å². The molecule has 1 atom stereocenters. The molecule has 4 heteroatoms. The fraction of sp³-hybridized carbons (Fsp3) is 0.462. The molecule has 1 N–H and O–H groups in total. The van der Waals surface area contributed by atoms with Crippen LogP contribution in [0.2, 0.25) is 0 Å². The number of carbonyl (C=O) groups is 1. The molecule has 1 saturated heterocycles. The van der Waals surface area contributed by atoms with Gasteiger partial charge in [0.05, 0.1) is 0 Å². The standard InChI is InChI=1S/C13H17BrN2O/c1-9-8-16(7-6-15-9)13(17)11-4-3-5-12(14)10(11)2/h3-5,9,15H,6-8H2,1-2H3/t9-/m0/s1. The topological polar surface area (TPSA) is 32.3 Å². The predicted octanol–water partition coefficient (Wildman–Crippen LogP) is 2.19. The van der Waals surface area contributed by atoms with Crippen molar-refractivity contribution in [3.8, 4) is 0 Å². The van der Waals surface area contributed by atoms with E-state index in [-0.39, 0.29) is 5.91 Å². The van der Waals surface area contributed by atoms with Crippen molar-refractivity contribution in [2.75, 3.05) is 19.6 Å². The van der Waals surface area contributed by atoms with E-state index in [1.807, 2.05) is 30.0 Å². The molecule has 1 amide bonds. The molecule has 0 aliphatic carbocycles. The summed E-state index contributed by atoms with van der Waals surface area (Å²) in [6.07, 6.45) is 0. The van der Waals surface area contributed by atoms with Crippen molar-refractivity contribution in [3.05, 3.63) is 33.8 Å². The Bertz CT molecular complexity index is 433. The van der Waals surface area contributed by atoms with Crippen molar-refractivity contribution in [2.45, 2.75) is 19.9 Å². The molecule has 1 heterocycles.